The quantitative estimate of drug-likeness (QED) is 0.530. The van der Waals surface area contributed by atoms with Gasteiger partial charge in [-0.2, -0.15) is 0 Å². The van der Waals surface area contributed by atoms with Gasteiger partial charge in [0.25, 0.3) is 0 Å². The highest BCUT2D eigenvalue weighted by Crippen LogP contribution is 2.29. The summed E-state index contributed by atoms with van der Waals surface area (Å²) in [6, 6.07) is 0. The van der Waals surface area contributed by atoms with Gasteiger partial charge in [-0.15, -0.1) is 0 Å². The predicted octanol–water partition coefficient (Wildman–Crippen LogP) is 1.72. The van der Waals surface area contributed by atoms with Crippen LogP contribution in [-0.4, -0.2) is 11.2 Å². The molecule has 0 radical (unpaired) electrons. The van der Waals surface area contributed by atoms with Gasteiger partial charge in [0.1, 0.15) is 0 Å². The second kappa shape index (κ2) is 2.53. The van der Waals surface area contributed by atoms with Crippen LogP contribution in [-0.2, 0) is 0 Å². The van der Waals surface area contributed by atoms with E-state index in [2.05, 4.69) is 6.58 Å². The Bertz CT molecular complexity index is 118. The summed E-state index contributed by atoms with van der Waals surface area (Å²) in [4.78, 5) is 0. The molecule has 1 heteroatoms. The Morgan fingerprint density at radius 1 is 1.56 bits per heavy atom. The highest BCUT2D eigenvalue weighted by atomic mass is 16.3. The first kappa shape index (κ1) is 6.81. The molecule has 0 aromatic carbocycles. The van der Waals surface area contributed by atoms with E-state index in [9.17, 15) is 0 Å². The van der Waals surface area contributed by atoms with E-state index in [1.54, 1.807) is 0 Å². The molecule has 9 heavy (non-hydrogen) atoms. The summed E-state index contributed by atoms with van der Waals surface area (Å²) >= 11 is 0. The minimum absolute atomic E-state index is 0.0494. The number of hydrogen-bond donors (Lipinski definition) is 1. The zero-order chi connectivity index (χ0) is 6.85. The summed E-state index contributed by atoms with van der Waals surface area (Å²) in [5.41, 5.74) is 1.23. The zero-order valence-corrected chi connectivity index (χ0v) is 5.93. The van der Waals surface area contributed by atoms with Crippen molar-refractivity contribution >= 4 is 0 Å². The summed E-state index contributed by atoms with van der Waals surface area (Å²) in [6.07, 6.45) is 3.00. The van der Waals surface area contributed by atoms with Crippen LogP contribution in [0.1, 0.15) is 26.2 Å². The first-order valence-corrected chi connectivity index (χ1v) is 3.53. The minimum Gasteiger partial charge on any atom is -0.393 e. The first-order valence-electron chi connectivity index (χ1n) is 3.53. The maximum atomic E-state index is 9.11. The molecule has 1 aliphatic rings. The molecule has 2 atom stereocenters. The van der Waals surface area contributed by atoms with Crippen molar-refractivity contribution in [2.24, 2.45) is 5.92 Å². The van der Waals surface area contributed by atoms with Crippen LogP contribution in [0, 0.1) is 5.92 Å². The van der Waals surface area contributed by atoms with Crippen LogP contribution in [0.4, 0.5) is 0 Å². The van der Waals surface area contributed by atoms with Gasteiger partial charge in [-0.05, 0) is 32.1 Å². The Kier molecular flexibility index (Phi) is 1.91. The molecule has 0 aromatic heterocycles. The summed E-state index contributed by atoms with van der Waals surface area (Å²) in [7, 11) is 0. The van der Waals surface area contributed by atoms with Crippen molar-refractivity contribution in [3.05, 3.63) is 12.2 Å². The molecule has 0 aliphatic heterocycles. The SMILES string of the molecule is C=C(C)C1CCC(O)C1. The Labute approximate surface area is 56.4 Å². The van der Waals surface area contributed by atoms with Crippen LogP contribution >= 0.6 is 0 Å². The van der Waals surface area contributed by atoms with Crippen LogP contribution in [0.25, 0.3) is 0 Å². The highest BCUT2D eigenvalue weighted by Gasteiger charge is 2.22. The van der Waals surface area contributed by atoms with Gasteiger partial charge in [-0.1, -0.05) is 12.2 Å². The van der Waals surface area contributed by atoms with Gasteiger partial charge in [0, 0.05) is 0 Å². The van der Waals surface area contributed by atoms with Crippen LogP contribution < -0.4 is 0 Å². The third-order valence-corrected chi connectivity index (χ3v) is 2.10. The molecule has 0 saturated heterocycles. The number of aliphatic hydroxyl groups excluding tert-OH is 1. The molecule has 0 amide bonds. The monoisotopic (exact) mass is 126 g/mol. The Balaban J connectivity index is 2.39. The number of hydrogen-bond acceptors (Lipinski definition) is 1. The van der Waals surface area contributed by atoms with E-state index in [0.717, 1.165) is 19.3 Å². The largest absolute Gasteiger partial charge is 0.393 e. The van der Waals surface area contributed by atoms with E-state index >= 15 is 0 Å². The zero-order valence-electron chi connectivity index (χ0n) is 5.93. The lowest BCUT2D eigenvalue weighted by Gasteiger charge is -2.06. The maximum absolute atomic E-state index is 9.11. The molecular formula is C8H14O. The maximum Gasteiger partial charge on any atom is 0.0546 e. The summed E-state index contributed by atoms with van der Waals surface area (Å²) in [5, 5.41) is 9.11. The van der Waals surface area contributed by atoms with Crippen LogP contribution in [0.2, 0.25) is 0 Å². The van der Waals surface area contributed by atoms with Gasteiger partial charge in [0.05, 0.1) is 6.10 Å². The van der Waals surface area contributed by atoms with Gasteiger partial charge in [-0.3, -0.25) is 0 Å². The summed E-state index contributed by atoms with van der Waals surface area (Å²) in [5.74, 6) is 0.597. The van der Waals surface area contributed by atoms with Gasteiger partial charge >= 0.3 is 0 Å². The van der Waals surface area contributed by atoms with E-state index in [1.165, 1.54) is 5.57 Å². The molecule has 0 aromatic rings. The van der Waals surface area contributed by atoms with Gasteiger partial charge in [-0.25, -0.2) is 0 Å². The molecule has 1 fully saturated rings. The number of allylic oxidation sites excluding steroid dienone is 1. The van der Waals surface area contributed by atoms with Crippen molar-refractivity contribution in [1.82, 2.24) is 0 Å². The number of rotatable bonds is 1. The molecule has 1 N–H and O–H groups in total. The highest BCUT2D eigenvalue weighted by molar-refractivity contribution is 4.99. The molecule has 0 spiro atoms. The average Bonchev–Trinajstić information content (AvgIpc) is 2.14. The molecule has 1 saturated carbocycles. The van der Waals surface area contributed by atoms with Crippen LogP contribution in [0.5, 0.6) is 0 Å². The first-order chi connectivity index (χ1) is 4.20. The van der Waals surface area contributed by atoms with Crippen molar-refractivity contribution in [3.8, 4) is 0 Å². The van der Waals surface area contributed by atoms with E-state index in [1.807, 2.05) is 6.92 Å². The molecule has 0 bridgehead atoms. The van der Waals surface area contributed by atoms with E-state index in [-0.39, 0.29) is 6.10 Å². The van der Waals surface area contributed by atoms with Crippen molar-refractivity contribution in [1.29, 1.82) is 0 Å². The third kappa shape index (κ3) is 1.55. The molecular weight excluding hydrogens is 112 g/mol. The third-order valence-electron chi connectivity index (χ3n) is 2.10. The molecule has 1 rings (SSSR count). The number of aliphatic hydroxyl groups is 1. The van der Waals surface area contributed by atoms with E-state index < -0.39 is 0 Å². The second-order valence-corrected chi connectivity index (χ2v) is 3.01. The van der Waals surface area contributed by atoms with Crippen molar-refractivity contribution in [3.63, 3.8) is 0 Å². The normalized spacial score (nSPS) is 34.9. The molecule has 0 heterocycles. The smallest absolute Gasteiger partial charge is 0.0546 e. The van der Waals surface area contributed by atoms with Crippen molar-refractivity contribution < 1.29 is 5.11 Å². The average molecular weight is 126 g/mol. The van der Waals surface area contributed by atoms with E-state index in [4.69, 9.17) is 5.11 Å². The molecule has 1 nitrogen and oxygen atoms in total. The van der Waals surface area contributed by atoms with Crippen LogP contribution in [0.3, 0.4) is 0 Å². The summed E-state index contributed by atoms with van der Waals surface area (Å²) < 4.78 is 0. The van der Waals surface area contributed by atoms with Gasteiger partial charge in [0.15, 0.2) is 0 Å². The fourth-order valence-corrected chi connectivity index (χ4v) is 1.41. The Morgan fingerprint density at radius 3 is 2.44 bits per heavy atom. The topological polar surface area (TPSA) is 20.2 Å². The lowest BCUT2D eigenvalue weighted by atomic mass is 10.0. The fraction of sp³-hybridized carbons (Fsp3) is 0.750. The molecule has 1 aliphatic carbocycles. The second-order valence-electron chi connectivity index (χ2n) is 3.01. The van der Waals surface area contributed by atoms with Crippen molar-refractivity contribution in [2.45, 2.75) is 32.3 Å². The lowest BCUT2D eigenvalue weighted by Crippen LogP contribution is -2.00. The Hall–Kier alpha value is -0.300. The minimum atomic E-state index is -0.0494. The van der Waals surface area contributed by atoms with Crippen molar-refractivity contribution in [2.75, 3.05) is 0 Å². The fourth-order valence-electron chi connectivity index (χ4n) is 1.41. The summed E-state index contributed by atoms with van der Waals surface area (Å²) in [6.45, 7) is 5.90. The van der Waals surface area contributed by atoms with Gasteiger partial charge in [0.2, 0.25) is 0 Å². The van der Waals surface area contributed by atoms with Gasteiger partial charge < -0.3 is 5.11 Å². The predicted molar refractivity (Wildman–Crippen MR) is 38.2 cm³/mol. The lowest BCUT2D eigenvalue weighted by molar-refractivity contribution is 0.179. The standard InChI is InChI=1S/C8H14O/c1-6(2)7-3-4-8(9)5-7/h7-9H,1,3-5H2,2H3. The Morgan fingerprint density at radius 2 is 2.22 bits per heavy atom. The van der Waals surface area contributed by atoms with E-state index in [0.29, 0.717) is 5.92 Å². The molecule has 52 valence electrons. The molecule has 2 unspecified atom stereocenters. The van der Waals surface area contributed by atoms with Crippen LogP contribution in [0.15, 0.2) is 12.2 Å².